The summed E-state index contributed by atoms with van der Waals surface area (Å²) in [7, 11) is 1.31. The minimum atomic E-state index is -0.436. The normalized spacial score (nSPS) is 9.94. The number of amides is 1. The molecule has 0 bridgehead atoms. The Bertz CT molecular complexity index is 395. The Morgan fingerprint density at radius 2 is 2.19 bits per heavy atom. The van der Waals surface area contributed by atoms with E-state index in [-0.39, 0.29) is 12.5 Å². The Hall–Kier alpha value is -1.78. The van der Waals surface area contributed by atoms with Gasteiger partial charge in [0.15, 0.2) is 0 Å². The number of esters is 1. The van der Waals surface area contributed by atoms with Crippen LogP contribution in [0.25, 0.3) is 0 Å². The van der Waals surface area contributed by atoms with Gasteiger partial charge in [-0.2, -0.15) is 0 Å². The maximum atomic E-state index is 11.3. The monoisotopic (exact) mass is 225 g/mol. The van der Waals surface area contributed by atoms with Gasteiger partial charge in [0.2, 0.25) is 5.91 Å². The van der Waals surface area contributed by atoms with E-state index in [2.05, 4.69) is 10.1 Å². The van der Waals surface area contributed by atoms with Crippen LogP contribution in [0.2, 0.25) is 0 Å². The van der Waals surface area contributed by atoms with Gasteiger partial charge in [0.05, 0.1) is 13.7 Å². The Kier molecular flexibility index (Phi) is 4.10. The first-order valence-electron chi connectivity index (χ1n) is 5.02. The molecule has 1 aromatic heterocycles. The highest BCUT2D eigenvalue weighted by Crippen LogP contribution is 2.15. The van der Waals surface area contributed by atoms with Crippen LogP contribution in [0.1, 0.15) is 35.2 Å². The molecule has 0 unspecified atom stereocenters. The van der Waals surface area contributed by atoms with Crippen molar-refractivity contribution < 1.29 is 18.7 Å². The highest BCUT2D eigenvalue weighted by Gasteiger charge is 2.15. The number of hydrogen-bond acceptors (Lipinski definition) is 4. The third kappa shape index (κ3) is 2.85. The van der Waals surface area contributed by atoms with Crippen molar-refractivity contribution in [2.75, 3.05) is 7.11 Å². The molecule has 0 atom stereocenters. The van der Waals surface area contributed by atoms with Crippen LogP contribution in [0.3, 0.4) is 0 Å². The Labute approximate surface area is 93.8 Å². The lowest BCUT2D eigenvalue weighted by atomic mass is 10.2. The molecule has 1 aromatic rings. The fourth-order valence-electron chi connectivity index (χ4n) is 1.25. The molecular weight excluding hydrogens is 210 g/mol. The van der Waals surface area contributed by atoms with Crippen LogP contribution >= 0.6 is 0 Å². The minimum absolute atomic E-state index is 0.0614. The summed E-state index contributed by atoms with van der Waals surface area (Å²) in [5.74, 6) is 0.537. The van der Waals surface area contributed by atoms with E-state index in [0.29, 0.717) is 23.5 Å². The van der Waals surface area contributed by atoms with Crippen LogP contribution in [0.15, 0.2) is 10.5 Å². The fraction of sp³-hybridized carbons (Fsp3) is 0.455. The van der Waals surface area contributed by atoms with E-state index in [1.54, 1.807) is 19.9 Å². The van der Waals surface area contributed by atoms with Crippen molar-refractivity contribution >= 4 is 11.9 Å². The van der Waals surface area contributed by atoms with Crippen molar-refractivity contribution in [1.82, 2.24) is 5.32 Å². The lowest BCUT2D eigenvalue weighted by Gasteiger charge is -1.98. The summed E-state index contributed by atoms with van der Waals surface area (Å²) in [5.41, 5.74) is 0.392. The molecule has 0 aromatic carbocycles. The number of aryl methyl sites for hydroxylation is 1. The van der Waals surface area contributed by atoms with E-state index in [0.717, 1.165) is 0 Å². The number of nitrogens with one attached hydrogen (secondary N) is 1. The maximum Gasteiger partial charge on any atom is 0.341 e. The van der Waals surface area contributed by atoms with Crippen LogP contribution in [-0.4, -0.2) is 19.0 Å². The lowest BCUT2D eigenvalue weighted by molar-refractivity contribution is -0.121. The van der Waals surface area contributed by atoms with Crippen LogP contribution in [0.4, 0.5) is 0 Å². The molecular formula is C11H15NO4. The van der Waals surface area contributed by atoms with Crippen LogP contribution in [0.5, 0.6) is 0 Å². The molecule has 0 spiro atoms. The molecule has 0 aliphatic carbocycles. The quantitative estimate of drug-likeness (QED) is 0.786. The van der Waals surface area contributed by atoms with Gasteiger partial charge in [0.1, 0.15) is 17.1 Å². The first-order chi connectivity index (χ1) is 7.58. The number of methoxy groups -OCH3 is 1. The summed E-state index contributed by atoms with van der Waals surface area (Å²) in [6, 6.07) is 1.58. The van der Waals surface area contributed by atoms with Gasteiger partial charge in [-0.1, -0.05) is 6.92 Å². The standard InChI is InChI=1S/C11H15NO4/c1-4-10(13)12-6-8-5-9(7(2)16-8)11(14)15-3/h5H,4,6H2,1-3H3,(H,12,13). The molecule has 88 valence electrons. The van der Waals surface area contributed by atoms with Crippen LogP contribution < -0.4 is 5.32 Å². The minimum Gasteiger partial charge on any atom is -0.465 e. The molecule has 0 radical (unpaired) electrons. The van der Waals surface area contributed by atoms with Gasteiger partial charge in [0.25, 0.3) is 0 Å². The molecule has 0 fully saturated rings. The van der Waals surface area contributed by atoms with E-state index in [9.17, 15) is 9.59 Å². The van der Waals surface area contributed by atoms with Gasteiger partial charge in [-0.25, -0.2) is 4.79 Å². The van der Waals surface area contributed by atoms with E-state index < -0.39 is 5.97 Å². The number of carbonyl (C=O) groups excluding carboxylic acids is 2. The molecule has 0 aliphatic rings. The molecule has 0 saturated carbocycles. The SMILES string of the molecule is CCC(=O)NCc1cc(C(=O)OC)c(C)o1. The molecule has 1 heterocycles. The average Bonchev–Trinajstić information content (AvgIpc) is 2.66. The second-order valence-electron chi connectivity index (χ2n) is 3.30. The highest BCUT2D eigenvalue weighted by molar-refractivity contribution is 5.90. The predicted octanol–water partition coefficient (Wildman–Crippen LogP) is 1.40. The largest absolute Gasteiger partial charge is 0.465 e. The smallest absolute Gasteiger partial charge is 0.341 e. The van der Waals surface area contributed by atoms with Crippen molar-refractivity contribution in [2.24, 2.45) is 0 Å². The van der Waals surface area contributed by atoms with E-state index in [1.165, 1.54) is 7.11 Å². The van der Waals surface area contributed by atoms with Gasteiger partial charge in [-0.05, 0) is 13.0 Å². The number of hydrogen-bond donors (Lipinski definition) is 1. The molecule has 1 rings (SSSR count). The third-order valence-corrected chi connectivity index (χ3v) is 2.16. The first kappa shape index (κ1) is 12.3. The summed E-state index contributed by atoms with van der Waals surface area (Å²) in [6.45, 7) is 3.73. The maximum absolute atomic E-state index is 11.3. The second-order valence-corrected chi connectivity index (χ2v) is 3.30. The van der Waals surface area contributed by atoms with Gasteiger partial charge in [-0.3, -0.25) is 4.79 Å². The topological polar surface area (TPSA) is 68.5 Å². The highest BCUT2D eigenvalue weighted by atomic mass is 16.5. The van der Waals surface area contributed by atoms with Crippen molar-refractivity contribution in [1.29, 1.82) is 0 Å². The van der Waals surface area contributed by atoms with Gasteiger partial charge < -0.3 is 14.5 Å². The summed E-state index contributed by atoms with van der Waals surface area (Å²) in [5, 5.41) is 2.66. The van der Waals surface area contributed by atoms with E-state index in [4.69, 9.17) is 4.42 Å². The number of rotatable bonds is 4. The van der Waals surface area contributed by atoms with Crippen molar-refractivity contribution in [2.45, 2.75) is 26.8 Å². The zero-order chi connectivity index (χ0) is 12.1. The molecule has 16 heavy (non-hydrogen) atoms. The summed E-state index contributed by atoms with van der Waals surface area (Å²) in [4.78, 5) is 22.3. The molecule has 1 amide bonds. The van der Waals surface area contributed by atoms with Crippen LogP contribution in [0, 0.1) is 6.92 Å². The summed E-state index contributed by atoms with van der Waals surface area (Å²) >= 11 is 0. The molecule has 5 heteroatoms. The zero-order valence-corrected chi connectivity index (χ0v) is 9.62. The number of furan rings is 1. The third-order valence-electron chi connectivity index (χ3n) is 2.16. The number of carbonyl (C=O) groups is 2. The molecule has 0 aliphatic heterocycles. The molecule has 1 N–H and O–H groups in total. The fourth-order valence-corrected chi connectivity index (χ4v) is 1.25. The van der Waals surface area contributed by atoms with Crippen molar-refractivity contribution in [3.05, 3.63) is 23.2 Å². The predicted molar refractivity (Wildman–Crippen MR) is 56.9 cm³/mol. The Balaban J connectivity index is 2.69. The van der Waals surface area contributed by atoms with Crippen LogP contribution in [-0.2, 0) is 16.1 Å². The molecule has 0 saturated heterocycles. The number of ether oxygens (including phenoxy) is 1. The average molecular weight is 225 g/mol. The lowest BCUT2D eigenvalue weighted by Crippen LogP contribution is -2.21. The second kappa shape index (κ2) is 5.34. The van der Waals surface area contributed by atoms with E-state index in [1.807, 2.05) is 0 Å². The van der Waals surface area contributed by atoms with Crippen molar-refractivity contribution in [3.8, 4) is 0 Å². The van der Waals surface area contributed by atoms with Gasteiger partial charge in [-0.15, -0.1) is 0 Å². The molecule has 5 nitrogen and oxygen atoms in total. The summed E-state index contributed by atoms with van der Waals surface area (Å²) in [6.07, 6.45) is 0.420. The zero-order valence-electron chi connectivity index (χ0n) is 9.62. The van der Waals surface area contributed by atoms with E-state index >= 15 is 0 Å². The van der Waals surface area contributed by atoms with Crippen molar-refractivity contribution in [3.63, 3.8) is 0 Å². The first-order valence-corrected chi connectivity index (χ1v) is 5.02. The van der Waals surface area contributed by atoms with Gasteiger partial charge in [0, 0.05) is 6.42 Å². The van der Waals surface area contributed by atoms with Gasteiger partial charge >= 0.3 is 5.97 Å². The Morgan fingerprint density at radius 1 is 1.50 bits per heavy atom. The summed E-state index contributed by atoms with van der Waals surface area (Å²) < 4.78 is 9.91. The Morgan fingerprint density at radius 3 is 2.75 bits per heavy atom.